The first-order chi connectivity index (χ1) is 7.18. The minimum Gasteiger partial charge on any atom is -0.365 e. The summed E-state index contributed by atoms with van der Waals surface area (Å²) in [5, 5.41) is 19.7. The predicted octanol–water partition coefficient (Wildman–Crippen LogP) is 2.10. The highest BCUT2D eigenvalue weighted by Crippen LogP contribution is 2.33. The third-order valence-corrected chi connectivity index (χ3v) is 3.33. The fourth-order valence-electron chi connectivity index (χ4n) is 2.38. The minimum atomic E-state index is -1.45. The molecule has 1 fully saturated rings. The van der Waals surface area contributed by atoms with Gasteiger partial charge in [-0.3, -0.25) is 0 Å². The number of hydrogen-bond acceptors (Lipinski definition) is 2. The van der Waals surface area contributed by atoms with Gasteiger partial charge in [-0.15, -0.1) is 0 Å². The maximum atomic E-state index is 9.85. The Kier molecular flexibility index (Phi) is 3.08. The first-order valence-corrected chi connectivity index (χ1v) is 5.67. The Balaban J connectivity index is 2.05. The van der Waals surface area contributed by atoms with Crippen LogP contribution in [0.25, 0.3) is 0 Å². The van der Waals surface area contributed by atoms with Gasteiger partial charge < -0.3 is 10.2 Å². The quantitative estimate of drug-likeness (QED) is 0.727. The first-order valence-electron chi connectivity index (χ1n) is 5.67. The lowest BCUT2D eigenvalue weighted by Crippen LogP contribution is -2.41. The van der Waals surface area contributed by atoms with Crippen molar-refractivity contribution in [2.45, 2.75) is 37.9 Å². The second kappa shape index (κ2) is 4.33. The fraction of sp³-hybridized carbons (Fsp3) is 0.538. The van der Waals surface area contributed by atoms with Crippen molar-refractivity contribution in [2.75, 3.05) is 0 Å². The zero-order chi connectivity index (χ0) is 10.7. The zero-order valence-electron chi connectivity index (χ0n) is 8.89. The van der Waals surface area contributed by atoms with E-state index in [4.69, 9.17) is 0 Å². The molecule has 0 heterocycles. The van der Waals surface area contributed by atoms with E-state index in [0.29, 0.717) is 6.42 Å². The van der Waals surface area contributed by atoms with Crippen LogP contribution in [0.4, 0.5) is 0 Å². The molecule has 1 aromatic carbocycles. The van der Waals surface area contributed by atoms with Crippen molar-refractivity contribution in [1.82, 2.24) is 0 Å². The van der Waals surface area contributed by atoms with Gasteiger partial charge in [0, 0.05) is 12.3 Å². The Morgan fingerprint density at radius 1 is 1.13 bits per heavy atom. The molecule has 15 heavy (non-hydrogen) atoms. The average molecular weight is 206 g/mol. The highest BCUT2D eigenvalue weighted by Gasteiger charge is 2.36. The van der Waals surface area contributed by atoms with E-state index in [-0.39, 0.29) is 5.92 Å². The Hall–Kier alpha value is -0.860. The van der Waals surface area contributed by atoms with Gasteiger partial charge >= 0.3 is 0 Å². The summed E-state index contributed by atoms with van der Waals surface area (Å²) in [7, 11) is 0. The molecule has 0 aromatic heterocycles. The second-order valence-electron chi connectivity index (χ2n) is 4.51. The van der Waals surface area contributed by atoms with E-state index in [2.05, 4.69) is 0 Å². The largest absolute Gasteiger partial charge is 0.365 e. The second-order valence-corrected chi connectivity index (χ2v) is 4.51. The van der Waals surface area contributed by atoms with Crippen LogP contribution in [0, 0.1) is 5.92 Å². The van der Waals surface area contributed by atoms with Gasteiger partial charge in [0.15, 0.2) is 5.79 Å². The smallest absolute Gasteiger partial charge is 0.165 e. The molecule has 0 spiro atoms. The van der Waals surface area contributed by atoms with Gasteiger partial charge in [0.05, 0.1) is 0 Å². The molecular formula is C13H18O2. The molecule has 1 aliphatic rings. The monoisotopic (exact) mass is 206 g/mol. The number of aliphatic hydroxyl groups is 2. The minimum absolute atomic E-state index is 0.00588. The van der Waals surface area contributed by atoms with E-state index >= 15 is 0 Å². The summed E-state index contributed by atoms with van der Waals surface area (Å²) in [6.45, 7) is 0. The van der Waals surface area contributed by atoms with Gasteiger partial charge in [0.1, 0.15) is 0 Å². The maximum Gasteiger partial charge on any atom is 0.165 e. The molecule has 2 N–H and O–H groups in total. The van der Waals surface area contributed by atoms with E-state index < -0.39 is 5.79 Å². The molecule has 1 saturated carbocycles. The number of rotatable bonds is 2. The third-order valence-electron chi connectivity index (χ3n) is 3.33. The summed E-state index contributed by atoms with van der Waals surface area (Å²) < 4.78 is 0. The highest BCUT2D eigenvalue weighted by atomic mass is 16.5. The summed E-state index contributed by atoms with van der Waals surface area (Å²) in [6, 6.07) is 10.1. The van der Waals surface area contributed by atoms with Gasteiger partial charge in [-0.2, -0.15) is 0 Å². The summed E-state index contributed by atoms with van der Waals surface area (Å²) in [4.78, 5) is 0. The Labute approximate surface area is 90.6 Å². The van der Waals surface area contributed by atoms with Gasteiger partial charge in [-0.05, 0) is 24.8 Å². The lowest BCUT2D eigenvalue weighted by atomic mass is 9.80. The van der Waals surface area contributed by atoms with E-state index in [0.717, 1.165) is 25.7 Å². The molecule has 2 rings (SSSR count). The maximum absolute atomic E-state index is 9.85. The van der Waals surface area contributed by atoms with Crippen molar-refractivity contribution in [1.29, 1.82) is 0 Å². The fourth-order valence-corrected chi connectivity index (χ4v) is 2.38. The van der Waals surface area contributed by atoms with Crippen LogP contribution in [-0.4, -0.2) is 16.0 Å². The topological polar surface area (TPSA) is 40.5 Å². The Morgan fingerprint density at radius 2 is 1.87 bits per heavy atom. The average Bonchev–Trinajstić information content (AvgIpc) is 2.23. The van der Waals surface area contributed by atoms with Gasteiger partial charge in [-0.1, -0.05) is 36.8 Å². The van der Waals surface area contributed by atoms with Crippen LogP contribution in [0.15, 0.2) is 30.3 Å². The van der Waals surface area contributed by atoms with E-state index in [1.54, 1.807) is 0 Å². The number of benzene rings is 1. The van der Waals surface area contributed by atoms with Crippen molar-refractivity contribution in [2.24, 2.45) is 5.92 Å². The van der Waals surface area contributed by atoms with Crippen LogP contribution in [0.5, 0.6) is 0 Å². The third kappa shape index (κ3) is 2.58. The van der Waals surface area contributed by atoms with E-state index in [9.17, 15) is 10.2 Å². The molecule has 0 radical (unpaired) electrons. The van der Waals surface area contributed by atoms with Crippen LogP contribution in [-0.2, 0) is 6.42 Å². The van der Waals surface area contributed by atoms with Crippen molar-refractivity contribution in [3.8, 4) is 0 Å². The van der Waals surface area contributed by atoms with Gasteiger partial charge in [-0.25, -0.2) is 0 Å². The molecule has 0 amide bonds. The van der Waals surface area contributed by atoms with E-state index in [1.807, 2.05) is 30.3 Å². The molecule has 2 heteroatoms. The zero-order valence-corrected chi connectivity index (χ0v) is 8.89. The molecule has 1 aromatic rings. The van der Waals surface area contributed by atoms with Crippen LogP contribution in [0.3, 0.4) is 0 Å². The lowest BCUT2D eigenvalue weighted by Gasteiger charge is -2.35. The summed E-state index contributed by atoms with van der Waals surface area (Å²) in [5.74, 6) is -1.46. The first kappa shape index (κ1) is 10.7. The van der Waals surface area contributed by atoms with Gasteiger partial charge in [0.25, 0.3) is 0 Å². The molecule has 1 aliphatic carbocycles. The van der Waals surface area contributed by atoms with Crippen molar-refractivity contribution < 1.29 is 10.2 Å². The highest BCUT2D eigenvalue weighted by molar-refractivity contribution is 5.15. The predicted molar refractivity (Wildman–Crippen MR) is 59.3 cm³/mol. The Bertz CT molecular complexity index is 306. The van der Waals surface area contributed by atoms with Crippen LogP contribution < -0.4 is 0 Å². The van der Waals surface area contributed by atoms with Crippen LogP contribution in [0.1, 0.15) is 31.2 Å². The number of hydrogen-bond donors (Lipinski definition) is 2. The van der Waals surface area contributed by atoms with Gasteiger partial charge in [0.2, 0.25) is 0 Å². The van der Waals surface area contributed by atoms with Crippen molar-refractivity contribution in [3.05, 3.63) is 35.9 Å². The standard InChI is InChI=1S/C13H18O2/c14-13(15)9-5-4-8-12(13)10-11-6-2-1-3-7-11/h1-3,6-7,12,14-15H,4-5,8-10H2. The molecule has 2 nitrogen and oxygen atoms in total. The summed E-state index contributed by atoms with van der Waals surface area (Å²) in [6.07, 6.45) is 4.25. The SMILES string of the molecule is OC1(O)CCCCC1Cc1ccccc1. The molecule has 1 unspecified atom stereocenters. The lowest BCUT2D eigenvalue weighted by molar-refractivity contribution is -0.216. The van der Waals surface area contributed by atoms with Crippen molar-refractivity contribution >= 4 is 0 Å². The summed E-state index contributed by atoms with van der Waals surface area (Å²) >= 11 is 0. The molecule has 0 saturated heterocycles. The normalized spacial score (nSPS) is 25.1. The van der Waals surface area contributed by atoms with Crippen LogP contribution in [0.2, 0.25) is 0 Å². The molecule has 1 atom stereocenters. The molecule has 82 valence electrons. The molecular weight excluding hydrogens is 188 g/mol. The molecule has 0 aliphatic heterocycles. The summed E-state index contributed by atoms with van der Waals surface area (Å²) in [5.41, 5.74) is 1.19. The molecule has 0 bridgehead atoms. The van der Waals surface area contributed by atoms with Crippen molar-refractivity contribution in [3.63, 3.8) is 0 Å². The Morgan fingerprint density at radius 3 is 2.53 bits per heavy atom. The van der Waals surface area contributed by atoms with Crippen LogP contribution >= 0.6 is 0 Å². The van der Waals surface area contributed by atoms with E-state index in [1.165, 1.54) is 5.56 Å².